The van der Waals surface area contributed by atoms with Gasteiger partial charge in [0, 0.05) is 95.2 Å². The highest BCUT2D eigenvalue weighted by molar-refractivity contribution is 6.76. The van der Waals surface area contributed by atoms with Gasteiger partial charge >= 0.3 is 11.9 Å². The van der Waals surface area contributed by atoms with Gasteiger partial charge in [0.15, 0.2) is 11.6 Å². The minimum atomic E-state index is -1.24. The van der Waals surface area contributed by atoms with E-state index >= 15 is 0 Å². The second-order valence-corrected chi connectivity index (χ2v) is 50.8. The number of hydrogen-bond acceptors (Lipinski definition) is 20. The molecular weight excluding hydrogens is 2000 g/mol. The van der Waals surface area contributed by atoms with Crippen molar-refractivity contribution in [2.45, 2.75) is 99.3 Å². The minimum absolute atomic E-state index is 0.0540. The fourth-order valence-electron chi connectivity index (χ4n) is 15.2. The van der Waals surface area contributed by atoms with Crippen LogP contribution in [0.2, 0.25) is 71.5 Å². The average molecular weight is 2110 g/mol. The van der Waals surface area contributed by atoms with Gasteiger partial charge in [0.05, 0.1) is 64.3 Å². The van der Waals surface area contributed by atoms with Crippen molar-refractivity contribution in [3.63, 3.8) is 0 Å². The summed E-state index contributed by atoms with van der Waals surface area (Å²) in [7, 11) is -2.44. The largest absolute Gasteiger partial charge is 0.485 e. The first kappa shape index (κ1) is 108. The Balaban J connectivity index is 0.000000131. The van der Waals surface area contributed by atoms with Gasteiger partial charge in [-0.2, -0.15) is 0 Å². The molecule has 28 heteroatoms. The number of carbonyl (C=O) groups excluding carboxylic acids is 4. The predicted molar refractivity (Wildman–Crippen MR) is 600 cm³/mol. The maximum Gasteiger partial charge on any atom is 0.338 e. The van der Waals surface area contributed by atoms with E-state index in [1.807, 2.05) is 185 Å². The number of hydrogen-bond donors (Lipinski definition) is 0. The lowest BCUT2D eigenvalue weighted by Crippen LogP contribution is -2.23. The Bertz CT molecular complexity index is 7370. The zero-order valence-corrected chi connectivity index (χ0v) is 89.5. The normalized spacial score (nSPS) is 13.3. The lowest BCUT2D eigenvalue weighted by molar-refractivity contribution is 0.0515. The summed E-state index contributed by atoms with van der Waals surface area (Å²) in [6.45, 7) is 28.5. The van der Waals surface area contributed by atoms with Crippen LogP contribution in [0, 0.1) is 44.2 Å². The average Bonchev–Trinajstić information content (AvgIpc) is 0.887. The smallest absolute Gasteiger partial charge is 0.338 e. The molecule has 0 radical (unpaired) electrons. The van der Waals surface area contributed by atoms with Crippen LogP contribution in [0.4, 0.5) is 48.6 Å². The number of benzene rings is 14. The summed E-state index contributed by atoms with van der Waals surface area (Å²) in [6.07, 6.45) is 0.861. The predicted octanol–water partition coefficient (Wildman–Crippen LogP) is 30.4. The fourth-order valence-corrected chi connectivity index (χ4v) is 17.3. The molecule has 21 rings (SSSR count). The van der Waals surface area contributed by atoms with Crippen LogP contribution in [0.25, 0.3) is 0 Å². The van der Waals surface area contributed by atoms with Crippen molar-refractivity contribution in [1.82, 2.24) is 0 Å². The molecule has 0 bridgehead atoms. The van der Waals surface area contributed by atoms with Crippen LogP contribution in [-0.2, 0) is 9.47 Å². The molecule has 14 aromatic carbocycles. The molecule has 0 saturated heterocycles. The van der Waals surface area contributed by atoms with Crippen molar-refractivity contribution in [2.75, 3.05) is 59.5 Å². The first-order valence-corrected chi connectivity index (χ1v) is 57.4. The number of ether oxygens (including phenoxy) is 9. The van der Waals surface area contributed by atoms with E-state index < -0.39 is 16.1 Å². The molecule has 7 aliphatic rings. The van der Waals surface area contributed by atoms with Gasteiger partial charge in [-0.25, -0.2) is 53.3 Å². The third kappa shape index (κ3) is 30.9. The number of aliphatic imine (C=N–C) groups is 7. The van der Waals surface area contributed by atoms with Crippen LogP contribution in [0.3, 0.4) is 0 Å². The number of ketones is 2. The van der Waals surface area contributed by atoms with Gasteiger partial charge < -0.3 is 42.6 Å². The Morgan fingerprint density at radius 1 is 0.302 bits per heavy atom. The maximum atomic E-state index is 13.3. The lowest BCUT2D eigenvalue weighted by atomic mass is 10.1. The molecule has 0 amide bonds. The van der Waals surface area contributed by atoms with Crippen molar-refractivity contribution < 1.29 is 70.6 Å². The van der Waals surface area contributed by atoms with Crippen molar-refractivity contribution in [1.29, 1.82) is 0 Å². The summed E-state index contributed by atoms with van der Waals surface area (Å²) in [5.41, 5.74) is 25.1. The molecule has 14 aromatic rings. The molecule has 0 saturated carbocycles. The van der Waals surface area contributed by atoms with Crippen LogP contribution < -0.4 is 33.2 Å². The molecular formula is C121H109Cl4F2N7O13Si2. The number of carbonyl (C=O) groups is 4. The monoisotopic (exact) mass is 2100 g/mol. The molecule has 0 unspecified atom stereocenters. The zero-order valence-electron chi connectivity index (χ0n) is 84.5. The highest BCUT2D eigenvalue weighted by atomic mass is 35.5. The minimum Gasteiger partial charge on any atom is -0.485 e. The molecule has 149 heavy (non-hydrogen) atoms. The number of aryl methyl sites for hydroxylation is 3. The Morgan fingerprint density at radius 3 is 0.953 bits per heavy atom. The van der Waals surface area contributed by atoms with Crippen LogP contribution in [-0.4, -0.2) is 139 Å². The number of esters is 2. The topological polar surface area (TPSA) is 238 Å². The van der Waals surface area contributed by atoms with E-state index in [9.17, 15) is 28.0 Å². The zero-order chi connectivity index (χ0) is 105. The molecule has 0 spiro atoms. The van der Waals surface area contributed by atoms with Crippen molar-refractivity contribution >= 4 is 166 Å². The Morgan fingerprint density at radius 2 is 0.591 bits per heavy atom. The molecule has 756 valence electrons. The molecule has 0 atom stereocenters. The summed E-state index contributed by atoms with van der Waals surface area (Å²) >= 11 is 23.8. The molecule has 0 aliphatic carbocycles. The summed E-state index contributed by atoms with van der Waals surface area (Å²) < 4.78 is 76.7. The van der Waals surface area contributed by atoms with Crippen molar-refractivity contribution in [3.8, 4) is 52.1 Å². The Labute approximate surface area is 888 Å². The highest BCUT2D eigenvalue weighted by Crippen LogP contribution is 2.41. The number of fused-ring (bicyclic) bond motifs is 7. The third-order valence-corrected chi connectivity index (χ3v) is 28.0. The SMILES string of the molecule is CC(=O)c1ccc(C2=Nc3ccc(C)cc3OC2)cc1.CC(=O)c1ccc(C2=Nc3ccc(Cl)cc3OC2)cc1.CCC#Cc1ccc(C2=Nc3cc(Cl)ccc3OC2)cc1.C[Si](C)(C)CCOC(=O)c1ccc(C2=Nc3ccc(Cl)cc3OC2)cc1.C[Si](C)(C)CCOC(=O)c1cccc(C2=Nc3ccc(F)cc3OC2)c1.Cc1ccc(C2=Nc3ccc(Cl)cc3OC2)cc1.Cc1ccc(C2=Nc3ccc(F)cc3OC2)cc1. The first-order chi connectivity index (χ1) is 71.6. The number of halogens is 6. The van der Waals surface area contributed by atoms with Gasteiger partial charge in [-0.05, 0) is 213 Å². The Hall–Kier alpha value is -15.3. The van der Waals surface area contributed by atoms with E-state index in [0.717, 1.165) is 149 Å². The van der Waals surface area contributed by atoms with Crippen LogP contribution in [0.1, 0.15) is 130 Å². The van der Waals surface area contributed by atoms with E-state index in [0.29, 0.717) is 135 Å². The molecule has 20 nitrogen and oxygen atoms in total. The van der Waals surface area contributed by atoms with E-state index in [1.54, 1.807) is 98.8 Å². The van der Waals surface area contributed by atoms with E-state index in [4.69, 9.17) is 89.0 Å². The standard InChI is InChI=1S/C20H22ClNO3Si.C20H22FNO3Si.C18H14ClNO.C17H15NO2.C16H12ClNO2.C15H12ClNO.C15H12FNO/c1-26(2,3)11-10-24-20(23)15-6-4-14(5-7-15)18-13-25-19-12-16(21)8-9-17(19)22-18;1-26(2,3)10-9-24-20(23)15-6-4-5-14(11-15)18-13-25-19-12-16(21)7-8-17(19)22-18;1-2-3-4-13-5-7-14(8-6-13)17-12-21-18-10-9-15(19)11-16(18)20-17;1-11-3-8-15-17(9-11)20-10-16(18-15)14-6-4-13(5-7-14)12(2)19;1-10(19)11-2-4-12(5-3-11)15-9-20-16-8-13(17)6-7-14(16)18-15;2*1-10-2-4-11(5-3-10)14-9-18-15-8-12(16)6-7-13(15)17-14/h4-9,12H,10-11,13H2,1-3H3;4-8,11-12H,9-10,13H2,1-3H3;5-11H,2,12H2,1H3;3-9H,10H2,1-2H3;2-8H,9H2,1H3;2*2-8H,9H2,1H3. The number of rotatable bonds is 17. The quantitative estimate of drug-likeness (QED) is 0.0357. The van der Waals surface area contributed by atoms with Gasteiger partial charge in [0.25, 0.3) is 0 Å². The van der Waals surface area contributed by atoms with Gasteiger partial charge in [-0.15, -0.1) is 0 Å². The maximum absolute atomic E-state index is 13.3. The molecule has 0 aromatic heterocycles. The van der Waals surface area contributed by atoms with Crippen LogP contribution in [0.15, 0.2) is 332 Å². The number of nitrogens with zero attached hydrogens (tertiary/aromatic N) is 7. The Kier molecular flexibility index (Phi) is 36.5. The van der Waals surface area contributed by atoms with E-state index in [2.05, 4.69) is 117 Å². The van der Waals surface area contributed by atoms with Crippen LogP contribution in [0.5, 0.6) is 40.2 Å². The molecule has 7 aliphatic heterocycles. The number of Topliss-reactive ketones (excluding diaryl/α,β-unsaturated/α-hetero) is 2. The lowest BCUT2D eigenvalue weighted by Gasteiger charge is -2.18. The van der Waals surface area contributed by atoms with E-state index in [1.165, 1.54) is 35.4 Å². The van der Waals surface area contributed by atoms with Gasteiger partial charge in [-0.1, -0.05) is 255 Å². The van der Waals surface area contributed by atoms with Gasteiger partial charge in [0.1, 0.15) is 138 Å². The molecule has 7 heterocycles. The summed E-state index contributed by atoms with van der Waals surface area (Å²) in [5.74, 6) is 9.69. The molecule has 0 fully saturated rings. The summed E-state index contributed by atoms with van der Waals surface area (Å²) in [6, 6.07) is 92.1. The first-order valence-electron chi connectivity index (χ1n) is 48.4. The van der Waals surface area contributed by atoms with Crippen molar-refractivity contribution in [2.24, 2.45) is 34.9 Å². The van der Waals surface area contributed by atoms with Gasteiger partial charge in [0.2, 0.25) is 0 Å². The highest BCUT2D eigenvalue weighted by Gasteiger charge is 2.26. The second-order valence-electron chi connectivity index (χ2n) is 37.9. The van der Waals surface area contributed by atoms with Crippen molar-refractivity contribution in [3.05, 3.63) is 412 Å². The summed E-state index contributed by atoms with van der Waals surface area (Å²) in [4.78, 5) is 79.1. The third-order valence-electron chi connectivity index (χ3n) is 23.7. The molecule has 0 N–H and O–H groups in total. The fraction of sp³-hybridized carbons (Fsp3) is 0.198. The van der Waals surface area contributed by atoms with Crippen LogP contribution >= 0.6 is 46.4 Å². The second kappa shape index (κ2) is 50.4. The van der Waals surface area contributed by atoms with Gasteiger partial charge in [-0.3, -0.25) is 9.59 Å². The summed E-state index contributed by atoms with van der Waals surface area (Å²) in [5, 5.41) is 2.59. The van der Waals surface area contributed by atoms with E-state index in [-0.39, 0.29) is 41.7 Å².